The van der Waals surface area contributed by atoms with Gasteiger partial charge in [-0.25, -0.2) is 0 Å². The second-order valence-electron chi connectivity index (χ2n) is 4.82. The van der Waals surface area contributed by atoms with Crippen molar-refractivity contribution in [2.24, 2.45) is 0 Å². The number of methoxy groups -OCH3 is 1. The van der Waals surface area contributed by atoms with E-state index in [1.807, 2.05) is 29.1 Å². The van der Waals surface area contributed by atoms with Crippen LogP contribution in [0.5, 0.6) is 5.75 Å². The molecule has 3 aromatic rings. The fourth-order valence-corrected chi connectivity index (χ4v) is 2.51. The molecular formula is C18H18N2O. The van der Waals surface area contributed by atoms with Gasteiger partial charge in [0.2, 0.25) is 0 Å². The average molecular weight is 278 g/mol. The maximum Gasteiger partial charge on any atom is 0.118 e. The molecule has 0 radical (unpaired) electrons. The molecule has 3 rings (SSSR count). The standard InChI is InChI=1S/C18H18N2O/c1-3-20-18(15-7-5-4-6-8-15)17(13-19-20)14-9-11-16(21-2)12-10-14/h4-13H,3H2,1-2H3. The first kappa shape index (κ1) is 13.4. The highest BCUT2D eigenvalue weighted by Crippen LogP contribution is 2.32. The Morgan fingerprint density at radius 1 is 0.952 bits per heavy atom. The zero-order valence-corrected chi connectivity index (χ0v) is 12.3. The van der Waals surface area contributed by atoms with Crippen molar-refractivity contribution >= 4 is 0 Å². The largest absolute Gasteiger partial charge is 0.497 e. The number of hydrogen-bond acceptors (Lipinski definition) is 2. The van der Waals surface area contributed by atoms with E-state index >= 15 is 0 Å². The van der Waals surface area contributed by atoms with Crippen LogP contribution in [-0.4, -0.2) is 16.9 Å². The van der Waals surface area contributed by atoms with Gasteiger partial charge in [-0.3, -0.25) is 4.68 Å². The van der Waals surface area contributed by atoms with E-state index in [4.69, 9.17) is 4.74 Å². The lowest BCUT2D eigenvalue weighted by molar-refractivity contribution is 0.415. The summed E-state index contributed by atoms with van der Waals surface area (Å²) in [5.74, 6) is 0.864. The minimum atomic E-state index is 0.848. The van der Waals surface area contributed by atoms with Gasteiger partial charge < -0.3 is 4.74 Å². The van der Waals surface area contributed by atoms with Gasteiger partial charge in [-0.05, 0) is 24.6 Å². The van der Waals surface area contributed by atoms with Gasteiger partial charge in [-0.1, -0.05) is 42.5 Å². The molecule has 0 aliphatic rings. The third kappa shape index (κ3) is 2.55. The maximum absolute atomic E-state index is 5.23. The lowest BCUT2D eigenvalue weighted by atomic mass is 10.0. The lowest BCUT2D eigenvalue weighted by Crippen LogP contribution is -1.99. The SMILES string of the molecule is CCn1ncc(-c2ccc(OC)cc2)c1-c1ccccc1. The summed E-state index contributed by atoms with van der Waals surface area (Å²) in [4.78, 5) is 0. The summed E-state index contributed by atoms with van der Waals surface area (Å²) in [7, 11) is 1.68. The molecule has 1 aromatic heterocycles. The molecule has 0 bridgehead atoms. The number of rotatable bonds is 4. The van der Waals surface area contributed by atoms with E-state index in [0.29, 0.717) is 0 Å². The first-order valence-electron chi connectivity index (χ1n) is 7.09. The van der Waals surface area contributed by atoms with Gasteiger partial charge >= 0.3 is 0 Å². The topological polar surface area (TPSA) is 27.1 Å². The Labute approximate surface area is 124 Å². The molecule has 0 saturated carbocycles. The van der Waals surface area contributed by atoms with E-state index in [-0.39, 0.29) is 0 Å². The van der Waals surface area contributed by atoms with Crippen LogP contribution in [0.4, 0.5) is 0 Å². The van der Waals surface area contributed by atoms with E-state index < -0.39 is 0 Å². The minimum Gasteiger partial charge on any atom is -0.497 e. The molecule has 0 amide bonds. The predicted molar refractivity (Wildman–Crippen MR) is 85.3 cm³/mol. The zero-order valence-electron chi connectivity index (χ0n) is 12.3. The highest BCUT2D eigenvalue weighted by molar-refractivity contribution is 5.80. The molecule has 0 saturated heterocycles. The van der Waals surface area contributed by atoms with E-state index in [0.717, 1.165) is 29.1 Å². The zero-order chi connectivity index (χ0) is 14.7. The van der Waals surface area contributed by atoms with Gasteiger partial charge in [0.1, 0.15) is 5.75 Å². The van der Waals surface area contributed by atoms with E-state index in [9.17, 15) is 0 Å². The van der Waals surface area contributed by atoms with Crippen molar-refractivity contribution in [1.82, 2.24) is 9.78 Å². The average Bonchev–Trinajstić information content (AvgIpc) is 2.99. The van der Waals surface area contributed by atoms with E-state index in [1.165, 1.54) is 5.56 Å². The molecule has 0 unspecified atom stereocenters. The lowest BCUT2D eigenvalue weighted by Gasteiger charge is -2.09. The van der Waals surface area contributed by atoms with Crippen LogP contribution in [0.3, 0.4) is 0 Å². The normalized spacial score (nSPS) is 10.6. The Morgan fingerprint density at radius 3 is 2.29 bits per heavy atom. The van der Waals surface area contributed by atoms with Crippen molar-refractivity contribution in [2.45, 2.75) is 13.5 Å². The van der Waals surface area contributed by atoms with Crippen molar-refractivity contribution in [2.75, 3.05) is 7.11 Å². The van der Waals surface area contributed by atoms with Crippen molar-refractivity contribution in [3.8, 4) is 28.1 Å². The van der Waals surface area contributed by atoms with Gasteiger partial charge in [0.15, 0.2) is 0 Å². The molecule has 21 heavy (non-hydrogen) atoms. The Bertz CT molecular complexity index is 715. The minimum absolute atomic E-state index is 0.848. The Hall–Kier alpha value is -2.55. The number of ether oxygens (including phenoxy) is 1. The molecule has 1 heterocycles. The van der Waals surface area contributed by atoms with Gasteiger partial charge in [0.25, 0.3) is 0 Å². The maximum atomic E-state index is 5.23. The second-order valence-corrected chi connectivity index (χ2v) is 4.82. The van der Waals surface area contributed by atoms with Crippen LogP contribution in [0.25, 0.3) is 22.4 Å². The quantitative estimate of drug-likeness (QED) is 0.713. The van der Waals surface area contributed by atoms with Crippen molar-refractivity contribution in [3.63, 3.8) is 0 Å². The molecule has 0 spiro atoms. The van der Waals surface area contributed by atoms with Gasteiger partial charge in [0, 0.05) is 17.7 Å². The van der Waals surface area contributed by atoms with Crippen LogP contribution in [0.2, 0.25) is 0 Å². The van der Waals surface area contributed by atoms with Crippen LogP contribution >= 0.6 is 0 Å². The van der Waals surface area contributed by atoms with Gasteiger partial charge in [0.05, 0.1) is 19.0 Å². The Morgan fingerprint density at radius 2 is 1.67 bits per heavy atom. The monoisotopic (exact) mass is 278 g/mol. The first-order chi connectivity index (χ1) is 10.3. The molecule has 0 fully saturated rings. The number of aromatic nitrogens is 2. The van der Waals surface area contributed by atoms with Crippen LogP contribution in [-0.2, 0) is 6.54 Å². The van der Waals surface area contributed by atoms with Crippen LogP contribution in [0.15, 0.2) is 60.8 Å². The van der Waals surface area contributed by atoms with Gasteiger partial charge in [-0.2, -0.15) is 5.10 Å². The summed E-state index contributed by atoms with van der Waals surface area (Å²) in [5.41, 5.74) is 4.63. The number of nitrogens with zero attached hydrogens (tertiary/aromatic N) is 2. The summed E-state index contributed by atoms with van der Waals surface area (Å²) >= 11 is 0. The molecule has 0 atom stereocenters. The van der Waals surface area contributed by atoms with Crippen molar-refractivity contribution < 1.29 is 4.74 Å². The van der Waals surface area contributed by atoms with Gasteiger partial charge in [-0.15, -0.1) is 0 Å². The number of aryl methyl sites for hydroxylation is 1. The summed E-state index contributed by atoms with van der Waals surface area (Å²) in [5, 5.41) is 4.52. The molecule has 0 aliphatic carbocycles. The summed E-state index contributed by atoms with van der Waals surface area (Å²) < 4.78 is 7.26. The summed E-state index contributed by atoms with van der Waals surface area (Å²) in [6.45, 7) is 2.96. The molecule has 0 N–H and O–H groups in total. The number of hydrogen-bond donors (Lipinski definition) is 0. The molecule has 3 nitrogen and oxygen atoms in total. The molecule has 2 aromatic carbocycles. The van der Waals surface area contributed by atoms with E-state index in [2.05, 4.69) is 48.4 Å². The smallest absolute Gasteiger partial charge is 0.118 e. The van der Waals surface area contributed by atoms with Crippen LogP contribution in [0, 0.1) is 0 Å². The fourth-order valence-electron chi connectivity index (χ4n) is 2.51. The highest BCUT2D eigenvalue weighted by Gasteiger charge is 2.13. The molecule has 3 heteroatoms. The highest BCUT2D eigenvalue weighted by atomic mass is 16.5. The fraction of sp³-hybridized carbons (Fsp3) is 0.167. The third-order valence-electron chi connectivity index (χ3n) is 3.59. The second kappa shape index (κ2) is 5.83. The van der Waals surface area contributed by atoms with Crippen LogP contribution in [0.1, 0.15) is 6.92 Å². The first-order valence-corrected chi connectivity index (χ1v) is 7.09. The number of benzene rings is 2. The summed E-state index contributed by atoms with van der Waals surface area (Å²) in [6, 6.07) is 18.5. The van der Waals surface area contributed by atoms with Crippen molar-refractivity contribution in [3.05, 3.63) is 60.8 Å². The molecular weight excluding hydrogens is 260 g/mol. The molecule has 0 aliphatic heterocycles. The van der Waals surface area contributed by atoms with Crippen molar-refractivity contribution in [1.29, 1.82) is 0 Å². The van der Waals surface area contributed by atoms with Crippen LogP contribution < -0.4 is 4.74 Å². The Kier molecular flexibility index (Phi) is 3.73. The third-order valence-corrected chi connectivity index (χ3v) is 3.59. The van der Waals surface area contributed by atoms with E-state index in [1.54, 1.807) is 7.11 Å². The Balaban J connectivity index is 2.12. The summed E-state index contributed by atoms with van der Waals surface area (Å²) in [6.07, 6.45) is 1.94. The predicted octanol–water partition coefficient (Wildman–Crippen LogP) is 4.25. The molecule has 106 valence electrons.